The van der Waals surface area contributed by atoms with Crippen molar-refractivity contribution in [2.24, 2.45) is 16.1 Å². The van der Waals surface area contributed by atoms with E-state index in [2.05, 4.69) is 35.1 Å². The maximum Gasteiger partial charge on any atom is 0.267 e. The van der Waals surface area contributed by atoms with Gasteiger partial charge in [0.1, 0.15) is 0 Å². The van der Waals surface area contributed by atoms with E-state index in [-0.39, 0.29) is 41.1 Å². The Morgan fingerprint density at radius 2 is 1.61 bits per heavy atom. The Labute approximate surface area is 291 Å². The molecule has 5 N–H and O–H groups in total. The number of nitrogens with zero attached hydrogens (tertiary/aromatic N) is 7. The molecule has 0 bridgehead atoms. The van der Waals surface area contributed by atoms with Crippen molar-refractivity contribution < 1.29 is 43.7 Å². The van der Waals surface area contributed by atoms with Crippen LogP contribution in [0, 0.1) is 5.92 Å². The van der Waals surface area contributed by atoms with Crippen molar-refractivity contribution in [2.45, 2.75) is 98.7 Å². The Morgan fingerprint density at radius 3 is 2.18 bits per heavy atom. The third-order valence-electron chi connectivity index (χ3n) is 8.52. The number of azo groups is 1. The van der Waals surface area contributed by atoms with Crippen molar-refractivity contribution in [1.82, 2.24) is 34.5 Å². The molecule has 2 aliphatic rings. The number of H-pyrrole nitrogens is 1. The molecule has 2 fully saturated rings. The quantitative estimate of drug-likeness (QED) is 0.106. The summed E-state index contributed by atoms with van der Waals surface area (Å²) in [7, 11) is -13.3. The maximum atomic E-state index is 13.1. The molecule has 3 aromatic rings. The zero-order chi connectivity index (χ0) is 35.9. The first-order valence-corrected chi connectivity index (χ1v) is 21.6. The first kappa shape index (κ1) is 37.6. The highest BCUT2D eigenvalue weighted by atomic mass is 32.2. The summed E-state index contributed by atoms with van der Waals surface area (Å²) in [5.41, 5.74) is 1.26. The van der Waals surface area contributed by atoms with Gasteiger partial charge in [-0.25, -0.2) is 4.98 Å². The van der Waals surface area contributed by atoms with E-state index in [9.17, 15) is 39.2 Å². The zero-order valence-corrected chi connectivity index (χ0v) is 30.7. The van der Waals surface area contributed by atoms with Gasteiger partial charge < -0.3 is 5.32 Å². The number of amides is 1. The first-order valence-electron chi connectivity index (χ1n) is 15.2. The fourth-order valence-corrected chi connectivity index (χ4v) is 10.3. The highest BCUT2D eigenvalue weighted by Gasteiger charge is 2.43. The van der Waals surface area contributed by atoms with Gasteiger partial charge in [0, 0.05) is 40.6 Å². The van der Waals surface area contributed by atoms with Crippen LogP contribution in [-0.4, -0.2) is 102 Å². The molecule has 2 atom stereocenters. The zero-order valence-electron chi connectivity index (χ0n) is 26.6. The molecular formula is C25H37N9O10S5. The Hall–Kier alpha value is -2.61. The highest BCUT2D eigenvalue weighted by Crippen LogP contribution is 2.38. The molecule has 0 aromatic carbocycles. The van der Waals surface area contributed by atoms with Crippen LogP contribution < -0.4 is 5.32 Å². The van der Waals surface area contributed by atoms with Gasteiger partial charge in [-0.1, -0.05) is 32.5 Å². The van der Waals surface area contributed by atoms with Crippen LogP contribution in [-0.2, 0) is 40.6 Å². The van der Waals surface area contributed by atoms with Gasteiger partial charge in [0.2, 0.25) is 21.8 Å². The minimum atomic E-state index is -4.62. The van der Waals surface area contributed by atoms with E-state index < -0.39 is 64.9 Å². The van der Waals surface area contributed by atoms with Crippen molar-refractivity contribution in [2.75, 3.05) is 11.5 Å². The smallest absolute Gasteiger partial charge is 0.267 e. The van der Waals surface area contributed by atoms with Gasteiger partial charge in [-0.3, -0.25) is 23.6 Å². The molecule has 272 valence electrons. The normalized spacial score (nSPS) is 24.5. The maximum absolute atomic E-state index is 13.1. The van der Waals surface area contributed by atoms with E-state index in [4.69, 9.17) is 9.54 Å². The fraction of sp³-hybridized carbons (Fsp3) is 0.720. The number of thioether (sulfide) groups is 1. The van der Waals surface area contributed by atoms with Crippen molar-refractivity contribution in [3.05, 3.63) is 11.5 Å². The minimum Gasteiger partial charge on any atom is -0.353 e. The Kier molecular flexibility index (Phi) is 10.9. The van der Waals surface area contributed by atoms with Gasteiger partial charge in [-0.2, -0.15) is 39.2 Å². The Morgan fingerprint density at radius 1 is 0.980 bits per heavy atom. The Balaban J connectivity index is 1.24. The Bertz CT molecular complexity index is 2000. The molecule has 0 spiro atoms. The molecule has 2 aliphatic carbocycles. The number of rotatable bonds is 11. The van der Waals surface area contributed by atoms with Crippen LogP contribution in [0.25, 0.3) is 5.65 Å². The molecule has 1 amide bonds. The molecule has 0 saturated heterocycles. The first-order chi connectivity index (χ1) is 22.7. The summed E-state index contributed by atoms with van der Waals surface area (Å²) < 4.78 is 103. The van der Waals surface area contributed by atoms with Gasteiger partial charge in [-0.05, 0) is 44.9 Å². The molecule has 5 rings (SSSR count). The van der Waals surface area contributed by atoms with E-state index >= 15 is 0 Å². The number of hydrogen-bond donors (Lipinski definition) is 5. The number of aromatic nitrogens is 6. The number of carbonyl (C=O) groups is 1. The number of carbonyl (C=O) groups excluding carboxylic acids is 1. The lowest BCUT2D eigenvalue weighted by Gasteiger charge is -2.33. The monoisotopic (exact) mass is 783 g/mol. The van der Waals surface area contributed by atoms with Gasteiger partial charge in [0.25, 0.3) is 30.4 Å². The summed E-state index contributed by atoms with van der Waals surface area (Å²) in [5.74, 6) is -1.37. The SMILES string of the molecule is CC(C)(C)c1[nH]n2nc(C3CCC(NC(=O)C4CC(S(=O)(=O)O)CC(S(=O)(=O)O)C4)CC3)nc2c1N=Nc1nc(SCCS(=O)(=O)O)ns1. The molecule has 3 heterocycles. The van der Waals surface area contributed by atoms with E-state index in [1.165, 1.54) is 4.63 Å². The van der Waals surface area contributed by atoms with Gasteiger partial charge in [0.05, 0.1) is 21.9 Å². The van der Waals surface area contributed by atoms with Gasteiger partial charge >= 0.3 is 0 Å². The standard InChI is InChI=1S/C25H37N9O10S5/c1-25(2,3)19-18(29-30-23-28-24(33-46-23)45-8-9-47(36,37)38)21-27-20(32-34(21)31-19)13-4-6-15(7-5-13)26-22(35)14-10-16(48(39,40)41)12-17(11-14)49(42,43)44/h13-17,31H,4-12H2,1-3H3,(H,26,35)(H,36,37,38)(H,39,40,41)(H,42,43,44). The fourth-order valence-electron chi connectivity index (χ4n) is 5.99. The number of nitrogens with one attached hydrogen (secondary N) is 2. The molecular weight excluding hydrogens is 747 g/mol. The van der Waals surface area contributed by atoms with Crippen molar-refractivity contribution >= 4 is 76.0 Å². The van der Waals surface area contributed by atoms with E-state index in [0.29, 0.717) is 48.0 Å². The van der Waals surface area contributed by atoms with E-state index in [1.54, 1.807) is 0 Å². The van der Waals surface area contributed by atoms with Gasteiger partial charge in [0.15, 0.2) is 11.5 Å². The van der Waals surface area contributed by atoms with Gasteiger partial charge in [-0.15, -0.1) is 15.3 Å². The summed E-state index contributed by atoms with van der Waals surface area (Å²) in [5, 5.41) is 17.1. The molecule has 24 heteroatoms. The second kappa shape index (κ2) is 14.2. The summed E-state index contributed by atoms with van der Waals surface area (Å²) in [6, 6.07) is -0.258. The summed E-state index contributed by atoms with van der Waals surface area (Å²) >= 11 is 2.04. The van der Waals surface area contributed by atoms with Crippen molar-refractivity contribution in [3.8, 4) is 0 Å². The van der Waals surface area contributed by atoms with Crippen LogP contribution in [0.15, 0.2) is 15.4 Å². The van der Waals surface area contributed by atoms with Crippen LogP contribution >= 0.6 is 23.3 Å². The second-order valence-electron chi connectivity index (χ2n) is 13.2. The molecule has 19 nitrogen and oxygen atoms in total. The van der Waals surface area contributed by atoms with Crippen molar-refractivity contribution in [3.63, 3.8) is 0 Å². The third-order valence-corrected chi connectivity index (χ3v) is 13.5. The second-order valence-corrected chi connectivity index (χ2v) is 20.0. The molecule has 2 unspecified atom stereocenters. The van der Waals surface area contributed by atoms with Crippen LogP contribution in [0.4, 0.5) is 10.8 Å². The lowest BCUT2D eigenvalue weighted by molar-refractivity contribution is -0.126. The predicted octanol–water partition coefficient (Wildman–Crippen LogP) is 3.06. The largest absolute Gasteiger partial charge is 0.353 e. The average Bonchev–Trinajstić information content (AvgIpc) is 3.70. The molecule has 0 radical (unpaired) electrons. The van der Waals surface area contributed by atoms with Crippen LogP contribution in [0.2, 0.25) is 0 Å². The topological polar surface area (TPSA) is 289 Å². The number of aromatic amines is 1. The van der Waals surface area contributed by atoms with Crippen LogP contribution in [0.5, 0.6) is 0 Å². The predicted molar refractivity (Wildman–Crippen MR) is 178 cm³/mol. The number of fused-ring (bicyclic) bond motifs is 1. The van der Waals surface area contributed by atoms with Crippen LogP contribution in [0.1, 0.15) is 83.2 Å². The van der Waals surface area contributed by atoms with E-state index in [1.807, 2.05) is 20.8 Å². The lowest BCUT2D eigenvalue weighted by Crippen LogP contribution is -2.47. The van der Waals surface area contributed by atoms with E-state index in [0.717, 1.165) is 29.0 Å². The molecule has 3 aromatic heterocycles. The molecule has 0 aliphatic heterocycles. The molecule has 2 saturated carbocycles. The minimum absolute atomic E-state index is 0.0442. The van der Waals surface area contributed by atoms with Crippen molar-refractivity contribution in [1.29, 1.82) is 0 Å². The summed E-state index contributed by atoms with van der Waals surface area (Å²) in [6.07, 6.45) is 1.38. The number of hydrogen-bond acceptors (Lipinski definition) is 15. The summed E-state index contributed by atoms with van der Waals surface area (Å²) in [6.45, 7) is 5.96. The highest BCUT2D eigenvalue weighted by molar-refractivity contribution is 8.00. The molecule has 49 heavy (non-hydrogen) atoms. The summed E-state index contributed by atoms with van der Waals surface area (Å²) in [4.78, 5) is 22.1. The van der Waals surface area contributed by atoms with Crippen LogP contribution in [0.3, 0.4) is 0 Å². The lowest BCUT2D eigenvalue weighted by atomic mass is 9.84. The third kappa shape index (κ3) is 9.59. The average molecular weight is 784 g/mol.